The molecule has 0 radical (unpaired) electrons. The zero-order valence-corrected chi connectivity index (χ0v) is 21.3. The number of thiazole rings is 1. The van der Waals surface area contributed by atoms with Crippen molar-refractivity contribution in [3.05, 3.63) is 40.9 Å². The molecule has 2 unspecified atom stereocenters. The van der Waals surface area contributed by atoms with Gasteiger partial charge in [0, 0.05) is 43.7 Å². The van der Waals surface area contributed by atoms with E-state index in [2.05, 4.69) is 36.0 Å². The maximum atomic E-state index is 12.9. The van der Waals surface area contributed by atoms with Crippen LogP contribution in [0, 0.1) is 17.8 Å². The molecule has 1 N–H and O–H groups in total. The predicted molar refractivity (Wildman–Crippen MR) is 132 cm³/mol. The number of hydrogen-bond donors (Lipinski definition) is 1. The number of sulfonamides is 1. The Kier molecular flexibility index (Phi) is 7.53. The Balaban J connectivity index is 1.35. The Morgan fingerprint density at radius 3 is 2.33 bits per heavy atom. The van der Waals surface area contributed by atoms with Crippen LogP contribution < -0.4 is 5.32 Å². The predicted octanol–water partition coefficient (Wildman–Crippen LogP) is 4.29. The Labute approximate surface area is 201 Å². The van der Waals surface area contributed by atoms with Crippen molar-refractivity contribution in [3.63, 3.8) is 0 Å². The lowest BCUT2D eigenvalue weighted by Gasteiger charge is -2.34. The normalized spacial score (nSPS) is 23.5. The largest absolute Gasteiger partial charge is 0.298 e. The smallest absolute Gasteiger partial charge is 0.257 e. The third-order valence-corrected chi connectivity index (χ3v) is 9.32. The SMILES string of the molecule is CC1CCN(S(=O)(=O)c2ccc(C(=O)Nc3nc(CN4CC(C)CC(C)C4)cs3)cc2)CC1. The van der Waals surface area contributed by atoms with Crippen LogP contribution in [-0.4, -0.2) is 54.7 Å². The number of amides is 1. The number of nitrogens with zero attached hydrogens (tertiary/aromatic N) is 3. The van der Waals surface area contributed by atoms with Crippen LogP contribution in [0.2, 0.25) is 0 Å². The summed E-state index contributed by atoms with van der Waals surface area (Å²) in [5, 5.41) is 5.41. The van der Waals surface area contributed by atoms with Gasteiger partial charge in [0.25, 0.3) is 5.91 Å². The van der Waals surface area contributed by atoms with Gasteiger partial charge in [-0.1, -0.05) is 20.8 Å². The number of anilines is 1. The highest BCUT2D eigenvalue weighted by Gasteiger charge is 2.28. The third-order valence-electron chi connectivity index (χ3n) is 6.60. The Hall–Kier alpha value is -1.81. The molecule has 2 saturated heterocycles. The van der Waals surface area contributed by atoms with Gasteiger partial charge in [-0.2, -0.15) is 4.31 Å². The molecule has 0 bridgehead atoms. The standard InChI is InChI=1S/C24H34N4O3S2/c1-17-8-10-28(11-9-17)33(30,31)22-6-4-20(5-7-22)23(29)26-24-25-21(16-32-24)15-27-13-18(2)12-19(3)14-27/h4-7,16-19H,8-15H2,1-3H3,(H,25,26,29). The Bertz CT molecular complexity index is 1050. The van der Waals surface area contributed by atoms with Crippen molar-refractivity contribution in [1.29, 1.82) is 0 Å². The van der Waals surface area contributed by atoms with Crippen LogP contribution in [0.15, 0.2) is 34.5 Å². The van der Waals surface area contributed by atoms with Gasteiger partial charge in [0.1, 0.15) is 0 Å². The van der Waals surface area contributed by atoms with Crippen LogP contribution in [0.1, 0.15) is 56.1 Å². The van der Waals surface area contributed by atoms with E-state index in [9.17, 15) is 13.2 Å². The number of rotatable bonds is 6. The molecule has 3 heterocycles. The van der Waals surface area contributed by atoms with Gasteiger partial charge in [-0.15, -0.1) is 11.3 Å². The molecular weight excluding hydrogens is 456 g/mol. The average molecular weight is 491 g/mol. The maximum absolute atomic E-state index is 12.9. The Morgan fingerprint density at radius 2 is 1.70 bits per heavy atom. The highest BCUT2D eigenvalue weighted by molar-refractivity contribution is 7.89. The molecule has 0 saturated carbocycles. The summed E-state index contributed by atoms with van der Waals surface area (Å²) in [6, 6.07) is 6.18. The Morgan fingerprint density at radius 1 is 1.06 bits per heavy atom. The molecule has 1 aromatic heterocycles. The number of likely N-dealkylation sites (tertiary alicyclic amines) is 1. The second kappa shape index (κ2) is 10.2. The van der Waals surface area contributed by atoms with Crippen LogP contribution in [0.5, 0.6) is 0 Å². The minimum atomic E-state index is -3.52. The van der Waals surface area contributed by atoms with Gasteiger partial charge in [0.05, 0.1) is 10.6 Å². The number of carbonyl (C=O) groups excluding carboxylic acids is 1. The van der Waals surface area contributed by atoms with Crippen molar-refractivity contribution in [2.24, 2.45) is 17.8 Å². The number of piperidine rings is 2. The summed E-state index contributed by atoms with van der Waals surface area (Å²) in [6.45, 7) is 10.8. The topological polar surface area (TPSA) is 82.6 Å². The minimum Gasteiger partial charge on any atom is -0.298 e. The van der Waals surface area contributed by atoms with Gasteiger partial charge in [0.15, 0.2) is 5.13 Å². The van der Waals surface area contributed by atoms with Crippen molar-refractivity contribution in [1.82, 2.24) is 14.2 Å². The molecule has 2 fully saturated rings. The molecule has 33 heavy (non-hydrogen) atoms. The molecule has 2 aromatic rings. The van der Waals surface area contributed by atoms with Crippen molar-refractivity contribution in [2.45, 2.75) is 51.5 Å². The van der Waals surface area contributed by atoms with Crippen LogP contribution in [0.4, 0.5) is 5.13 Å². The van der Waals surface area contributed by atoms with Gasteiger partial charge in [-0.05, 0) is 61.3 Å². The van der Waals surface area contributed by atoms with Gasteiger partial charge in [0.2, 0.25) is 10.0 Å². The van der Waals surface area contributed by atoms with E-state index in [1.54, 1.807) is 16.4 Å². The van der Waals surface area contributed by atoms with Crippen LogP contribution in [-0.2, 0) is 16.6 Å². The lowest BCUT2D eigenvalue weighted by Crippen LogP contribution is -2.38. The molecule has 0 spiro atoms. The highest BCUT2D eigenvalue weighted by atomic mass is 32.2. The summed E-state index contributed by atoms with van der Waals surface area (Å²) in [5.41, 5.74) is 1.38. The van der Waals surface area contributed by atoms with Crippen molar-refractivity contribution in [3.8, 4) is 0 Å². The summed E-state index contributed by atoms with van der Waals surface area (Å²) in [6.07, 6.45) is 3.03. The molecular formula is C24H34N4O3S2. The van der Waals surface area contributed by atoms with E-state index < -0.39 is 10.0 Å². The second-order valence-corrected chi connectivity index (χ2v) is 12.6. The third kappa shape index (κ3) is 6.01. The molecule has 4 rings (SSSR count). The molecule has 2 atom stereocenters. The summed E-state index contributed by atoms with van der Waals surface area (Å²) >= 11 is 1.42. The number of nitrogens with one attached hydrogen (secondary N) is 1. The van der Waals surface area contributed by atoms with E-state index in [0.717, 1.165) is 38.2 Å². The first kappa shape index (κ1) is 24.3. The first-order valence-electron chi connectivity index (χ1n) is 11.8. The lowest BCUT2D eigenvalue weighted by molar-refractivity contribution is 0.102. The zero-order chi connectivity index (χ0) is 23.6. The first-order valence-corrected chi connectivity index (χ1v) is 14.1. The first-order chi connectivity index (χ1) is 15.7. The van der Waals surface area contributed by atoms with E-state index >= 15 is 0 Å². The molecule has 0 aliphatic carbocycles. The fourth-order valence-corrected chi connectivity index (χ4v) is 7.08. The van der Waals surface area contributed by atoms with Crippen molar-refractivity contribution >= 4 is 32.4 Å². The van der Waals surface area contributed by atoms with Crippen LogP contribution >= 0.6 is 11.3 Å². The summed E-state index contributed by atoms with van der Waals surface area (Å²) in [7, 11) is -3.52. The van der Waals surface area contributed by atoms with Crippen molar-refractivity contribution in [2.75, 3.05) is 31.5 Å². The summed E-state index contributed by atoms with van der Waals surface area (Å²) in [5.74, 6) is 1.65. The van der Waals surface area contributed by atoms with E-state index in [1.807, 2.05) is 5.38 Å². The number of aromatic nitrogens is 1. The summed E-state index contributed by atoms with van der Waals surface area (Å²) in [4.78, 5) is 19.9. The number of benzene rings is 1. The monoisotopic (exact) mass is 490 g/mol. The van der Waals surface area contributed by atoms with E-state index in [1.165, 1.54) is 29.9 Å². The highest BCUT2D eigenvalue weighted by Crippen LogP contribution is 2.25. The second-order valence-electron chi connectivity index (χ2n) is 9.85. The fourth-order valence-electron chi connectivity index (χ4n) is 4.91. The number of hydrogen-bond acceptors (Lipinski definition) is 6. The minimum absolute atomic E-state index is 0.232. The van der Waals surface area contributed by atoms with E-state index in [4.69, 9.17) is 0 Å². The molecule has 9 heteroatoms. The molecule has 7 nitrogen and oxygen atoms in total. The molecule has 1 aromatic carbocycles. The number of carbonyl (C=O) groups is 1. The van der Waals surface area contributed by atoms with Gasteiger partial charge in [-0.25, -0.2) is 13.4 Å². The van der Waals surface area contributed by atoms with Crippen LogP contribution in [0.25, 0.3) is 0 Å². The van der Waals surface area contributed by atoms with Crippen LogP contribution in [0.3, 0.4) is 0 Å². The van der Waals surface area contributed by atoms with E-state index in [0.29, 0.717) is 41.5 Å². The molecule has 180 valence electrons. The van der Waals surface area contributed by atoms with Gasteiger partial charge >= 0.3 is 0 Å². The van der Waals surface area contributed by atoms with Gasteiger partial charge in [-0.3, -0.25) is 15.0 Å². The quantitative estimate of drug-likeness (QED) is 0.653. The van der Waals surface area contributed by atoms with E-state index in [-0.39, 0.29) is 10.8 Å². The van der Waals surface area contributed by atoms with Gasteiger partial charge < -0.3 is 0 Å². The molecule has 1 amide bonds. The zero-order valence-electron chi connectivity index (χ0n) is 19.7. The molecule has 2 aliphatic rings. The fraction of sp³-hybridized carbons (Fsp3) is 0.583. The summed E-state index contributed by atoms with van der Waals surface area (Å²) < 4.78 is 27.3. The average Bonchev–Trinajstić information content (AvgIpc) is 3.20. The maximum Gasteiger partial charge on any atom is 0.257 e. The molecule has 2 aliphatic heterocycles. The van der Waals surface area contributed by atoms with Crippen molar-refractivity contribution < 1.29 is 13.2 Å². The lowest BCUT2D eigenvalue weighted by atomic mass is 9.92.